The van der Waals surface area contributed by atoms with Gasteiger partial charge in [-0.1, -0.05) is 19.8 Å². The maximum absolute atomic E-state index is 13.4. The third-order valence-electron chi connectivity index (χ3n) is 4.52. The van der Waals surface area contributed by atoms with E-state index in [-0.39, 0.29) is 18.0 Å². The van der Waals surface area contributed by atoms with Crippen molar-refractivity contribution in [2.45, 2.75) is 32.4 Å². The molecule has 1 aliphatic heterocycles. The molecule has 1 aromatic rings. The highest BCUT2D eigenvalue weighted by Crippen LogP contribution is 2.14. The number of hydrogen-bond donors (Lipinski definition) is 2. The molecule has 0 saturated carbocycles. The SMILES string of the molecule is CCCCCN(CC(=O)N1CCNCC1)C(=O)c1ccc(F)c(F)c1.O=C(O)C(F)(F)F. The normalized spacial score (nSPS) is 13.8. The largest absolute Gasteiger partial charge is 0.490 e. The van der Waals surface area contributed by atoms with E-state index in [4.69, 9.17) is 9.90 Å². The van der Waals surface area contributed by atoms with E-state index in [1.165, 1.54) is 11.0 Å². The number of nitrogens with one attached hydrogen (secondary N) is 1. The second kappa shape index (κ2) is 12.9. The number of rotatable bonds is 7. The third-order valence-corrected chi connectivity index (χ3v) is 4.52. The van der Waals surface area contributed by atoms with E-state index < -0.39 is 29.7 Å². The van der Waals surface area contributed by atoms with Crippen LogP contribution in [0.4, 0.5) is 22.0 Å². The van der Waals surface area contributed by atoms with Crippen molar-refractivity contribution in [2.75, 3.05) is 39.3 Å². The molecule has 1 saturated heterocycles. The van der Waals surface area contributed by atoms with Gasteiger partial charge >= 0.3 is 12.1 Å². The van der Waals surface area contributed by atoms with Crippen LogP contribution in [0.5, 0.6) is 0 Å². The van der Waals surface area contributed by atoms with E-state index in [1.54, 1.807) is 4.90 Å². The van der Waals surface area contributed by atoms with Crippen molar-refractivity contribution in [2.24, 2.45) is 0 Å². The van der Waals surface area contributed by atoms with Crippen LogP contribution < -0.4 is 5.32 Å². The number of carbonyl (C=O) groups is 3. The zero-order valence-electron chi connectivity index (χ0n) is 17.6. The van der Waals surface area contributed by atoms with Gasteiger partial charge in [-0.2, -0.15) is 13.2 Å². The van der Waals surface area contributed by atoms with Gasteiger partial charge in [0.25, 0.3) is 5.91 Å². The lowest BCUT2D eigenvalue weighted by Gasteiger charge is -2.30. The molecule has 2 rings (SSSR count). The maximum atomic E-state index is 13.4. The Labute approximate surface area is 182 Å². The highest BCUT2D eigenvalue weighted by molar-refractivity contribution is 5.96. The smallest absolute Gasteiger partial charge is 0.475 e. The number of carboxylic acids is 1. The summed E-state index contributed by atoms with van der Waals surface area (Å²) in [6.45, 7) is 5.12. The average molecular weight is 467 g/mol. The molecule has 1 fully saturated rings. The Kier molecular flexibility index (Phi) is 11.0. The number of aliphatic carboxylic acids is 1. The van der Waals surface area contributed by atoms with E-state index >= 15 is 0 Å². The molecule has 1 heterocycles. The first-order valence-electron chi connectivity index (χ1n) is 10.00. The van der Waals surface area contributed by atoms with Crippen molar-refractivity contribution in [1.29, 1.82) is 0 Å². The first-order valence-corrected chi connectivity index (χ1v) is 10.00. The highest BCUT2D eigenvalue weighted by atomic mass is 19.4. The Balaban J connectivity index is 0.000000633. The molecule has 0 spiro atoms. The van der Waals surface area contributed by atoms with E-state index in [0.29, 0.717) is 19.6 Å². The van der Waals surface area contributed by atoms with Crippen LogP contribution in [-0.2, 0) is 9.59 Å². The van der Waals surface area contributed by atoms with Crippen LogP contribution in [0.15, 0.2) is 18.2 Å². The Morgan fingerprint density at radius 2 is 1.69 bits per heavy atom. The summed E-state index contributed by atoms with van der Waals surface area (Å²) in [6.07, 6.45) is -2.40. The molecular formula is C20H26F5N3O4. The number of nitrogens with zero attached hydrogens (tertiary/aromatic N) is 2. The molecule has 2 amide bonds. The topological polar surface area (TPSA) is 90.0 Å². The second-order valence-electron chi connectivity index (χ2n) is 7.00. The van der Waals surface area contributed by atoms with E-state index in [0.717, 1.165) is 44.5 Å². The molecule has 0 aromatic heterocycles. The molecule has 0 radical (unpaired) electrons. The number of benzene rings is 1. The average Bonchev–Trinajstić information content (AvgIpc) is 2.75. The molecule has 12 heteroatoms. The molecule has 0 aliphatic carbocycles. The zero-order valence-corrected chi connectivity index (χ0v) is 17.6. The lowest BCUT2D eigenvalue weighted by Crippen LogP contribution is -2.50. The highest BCUT2D eigenvalue weighted by Gasteiger charge is 2.38. The summed E-state index contributed by atoms with van der Waals surface area (Å²) >= 11 is 0. The van der Waals surface area contributed by atoms with Gasteiger partial charge in [0.2, 0.25) is 5.91 Å². The predicted octanol–water partition coefficient (Wildman–Crippen LogP) is 2.66. The summed E-state index contributed by atoms with van der Waals surface area (Å²) in [6, 6.07) is 3.08. The van der Waals surface area contributed by atoms with Gasteiger partial charge in [0, 0.05) is 38.3 Å². The van der Waals surface area contributed by atoms with Gasteiger partial charge in [-0.3, -0.25) is 9.59 Å². The molecule has 1 aromatic carbocycles. The molecule has 1 aliphatic rings. The number of carboxylic acid groups (broad SMARTS) is 1. The number of unbranched alkanes of at least 4 members (excludes halogenated alkanes) is 2. The fourth-order valence-electron chi connectivity index (χ4n) is 2.79. The van der Waals surface area contributed by atoms with Gasteiger partial charge < -0.3 is 20.2 Å². The number of halogens is 5. The summed E-state index contributed by atoms with van der Waals surface area (Å²) < 4.78 is 58.3. The minimum absolute atomic E-state index is 0.0401. The van der Waals surface area contributed by atoms with Crippen molar-refractivity contribution in [3.63, 3.8) is 0 Å². The summed E-state index contributed by atoms with van der Waals surface area (Å²) in [5, 5.41) is 10.3. The molecule has 0 bridgehead atoms. The van der Waals surface area contributed by atoms with Crippen molar-refractivity contribution in [1.82, 2.24) is 15.1 Å². The Bertz CT molecular complexity index is 783. The van der Waals surface area contributed by atoms with Crippen molar-refractivity contribution >= 4 is 17.8 Å². The number of amides is 2. The van der Waals surface area contributed by atoms with Crippen LogP contribution in [-0.4, -0.2) is 78.1 Å². The molecule has 32 heavy (non-hydrogen) atoms. The van der Waals surface area contributed by atoms with Gasteiger partial charge in [0.05, 0.1) is 0 Å². The van der Waals surface area contributed by atoms with Gasteiger partial charge in [-0.15, -0.1) is 0 Å². The first kappa shape index (κ1) is 27.3. The standard InChI is InChI=1S/C18H25F2N3O2.C2HF3O2/c1-2-3-4-9-23(13-17(24)22-10-7-21-8-11-22)18(25)14-5-6-15(19)16(20)12-14;3-2(4,5)1(6)7/h5-6,12,21H,2-4,7-11,13H2,1H3;(H,6,7). The zero-order chi connectivity index (χ0) is 24.3. The molecular weight excluding hydrogens is 441 g/mol. The van der Waals surface area contributed by atoms with Crippen LogP contribution in [0.25, 0.3) is 0 Å². The lowest BCUT2D eigenvalue weighted by atomic mass is 10.1. The van der Waals surface area contributed by atoms with Crippen LogP contribution in [0.3, 0.4) is 0 Å². The molecule has 0 unspecified atom stereocenters. The Hall–Kier alpha value is -2.76. The molecule has 180 valence electrons. The number of piperazine rings is 1. The Morgan fingerprint density at radius 3 is 2.19 bits per heavy atom. The van der Waals surface area contributed by atoms with Crippen LogP contribution in [0.1, 0.15) is 36.5 Å². The molecule has 7 nitrogen and oxygen atoms in total. The van der Waals surface area contributed by atoms with E-state index in [9.17, 15) is 31.5 Å². The number of alkyl halides is 3. The number of hydrogen-bond acceptors (Lipinski definition) is 4. The summed E-state index contributed by atoms with van der Waals surface area (Å²) in [4.78, 5) is 37.2. The quantitative estimate of drug-likeness (QED) is 0.476. The lowest BCUT2D eigenvalue weighted by molar-refractivity contribution is -0.192. The molecule has 0 atom stereocenters. The van der Waals surface area contributed by atoms with Crippen LogP contribution >= 0.6 is 0 Å². The van der Waals surface area contributed by atoms with Gasteiger partial charge in [0.15, 0.2) is 11.6 Å². The van der Waals surface area contributed by atoms with Crippen LogP contribution in [0.2, 0.25) is 0 Å². The van der Waals surface area contributed by atoms with Gasteiger partial charge in [-0.05, 0) is 24.6 Å². The Morgan fingerprint density at radius 1 is 1.09 bits per heavy atom. The monoisotopic (exact) mass is 467 g/mol. The predicted molar refractivity (Wildman–Crippen MR) is 105 cm³/mol. The van der Waals surface area contributed by atoms with Gasteiger partial charge in [-0.25, -0.2) is 13.6 Å². The summed E-state index contributed by atoms with van der Waals surface area (Å²) in [5.74, 6) is -5.38. The van der Waals surface area contributed by atoms with Crippen molar-refractivity contribution < 1.29 is 41.4 Å². The maximum Gasteiger partial charge on any atom is 0.490 e. The third kappa shape index (κ3) is 9.16. The summed E-state index contributed by atoms with van der Waals surface area (Å²) in [7, 11) is 0. The van der Waals surface area contributed by atoms with Gasteiger partial charge in [0.1, 0.15) is 6.54 Å². The second-order valence-corrected chi connectivity index (χ2v) is 7.00. The van der Waals surface area contributed by atoms with Crippen molar-refractivity contribution in [3.05, 3.63) is 35.4 Å². The summed E-state index contributed by atoms with van der Waals surface area (Å²) in [5.41, 5.74) is 0.0588. The fraction of sp³-hybridized carbons (Fsp3) is 0.550. The van der Waals surface area contributed by atoms with E-state index in [2.05, 4.69) is 5.32 Å². The first-order chi connectivity index (χ1) is 15.0. The van der Waals surface area contributed by atoms with Crippen LogP contribution in [0, 0.1) is 11.6 Å². The number of carbonyl (C=O) groups excluding carboxylic acids is 2. The fourth-order valence-corrected chi connectivity index (χ4v) is 2.79. The van der Waals surface area contributed by atoms with E-state index in [1.807, 2.05) is 6.92 Å². The minimum atomic E-state index is -5.08. The molecule has 2 N–H and O–H groups in total. The van der Waals surface area contributed by atoms with Crippen molar-refractivity contribution in [3.8, 4) is 0 Å². The minimum Gasteiger partial charge on any atom is -0.475 e.